The molecule has 35 heavy (non-hydrogen) atoms. The van der Waals surface area contributed by atoms with Gasteiger partial charge in [-0.2, -0.15) is 4.98 Å². The van der Waals surface area contributed by atoms with Crippen molar-refractivity contribution in [1.82, 2.24) is 18.9 Å². The summed E-state index contributed by atoms with van der Waals surface area (Å²) in [6.07, 6.45) is 11.3. The molecule has 182 valence electrons. The van der Waals surface area contributed by atoms with Crippen molar-refractivity contribution in [3.8, 4) is 5.88 Å². The monoisotopic (exact) mass is 479 g/mol. The Hall–Kier alpha value is -3.27. The number of carbonyl (C=O) groups excluding carboxylic acids is 1. The van der Waals surface area contributed by atoms with Crippen molar-refractivity contribution < 1.29 is 18.7 Å². The molecular weight excluding hydrogens is 453 g/mol. The molecule has 8 rings (SSSR count). The molecule has 1 N–H and O–H groups in total. The Morgan fingerprint density at radius 3 is 2.74 bits per heavy atom. The lowest BCUT2D eigenvalue weighted by atomic mass is 9.61. The number of rotatable bonds is 7. The van der Waals surface area contributed by atoms with Crippen LogP contribution in [0.2, 0.25) is 0 Å². The van der Waals surface area contributed by atoms with Crippen LogP contribution in [0.15, 0.2) is 35.5 Å². The highest BCUT2D eigenvalue weighted by Gasteiger charge is 2.64. The van der Waals surface area contributed by atoms with Gasteiger partial charge in [0.05, 0.1) is 17.9 Å². The van der Waals surface area contributed by atoms with Gasteiger partial charge in [0.15, 0.2) is 0 Å². The highest BCUT2D eigenvalue weighted by Crippen LogP contribution is 2.58. The molecule has 3 aliphatic carbocycles. The number of hydrogen-bond acceptors (Lipinski definition) is 6. The Morgan fingerprint density at radius 2 is 2.06 bits per heavy atom. The second-order valence-electron chi connectivity index (χ2n) is 10.5. The second-order valence-corrected chi connectivity index (χ2v) is 10.5. The van der Waals surface area contributed by atoms with Gasteiger partial charge in [-0.3, -0.25) is 14.0 Å². The van der Waals surface area contributed by atoms with E-state index in [2.05, 4.69) is 10.3 Å². The zero-order valence-corrected chi connectivity index (χ0v) is 19.2. The van der Waals surface area contributed by atoms with Gasteiger partial charge in [-0.25, -0.2) is 9.37 Å². The summed E-state index contributed by atoms with van der Waals surface area (Å²) >= 11 is 0. The minimum Gasteiger partial charge on any atom is -0.474 e. The number of hydrogen-bond donors (Lipinski definition) is 1. The quantitative estimate of drug-likeness (QED) is 0.559. The number of alkyl halides is 1. The van der Waals surface area contributed by atoms with E-state index in [1.54, 1.807) is 33.5 Å². The third-order valence-corrected chi connectivity index (χ3v) is 7.91. The van der Waals surface area contributed by atoms with Crippen LogP contribution in [0.4, 0.5) is 10.1 Å². The fraction of sp³-hybridized carbons (Fsp3) is 0.520. The normalized spacial score (nSPS) is 27.5. The van der Waals surface area contributed by atoms with E-state index in [-0.39, 0.29) is 40.3 Å². The molecule has 2 bridgehead atoms. The van der Waals surface area contributed by atoms with Crippen LogP contribution in [-0.4, -0.2) is 49.8 Å². The number of nitrogens with one attached hydrogen (secondary N) is 1. The van der Waals surface area contributed by atoms with Gasteiger partial charge in [0, 0.05) is 30.0 Å². The molecule has 2 aliphatic heterocycles. The van der Waals surface area contributed by atoms with Crippen LogP contribution in [0.3, 0.4) is 0 Å². The van der Waals surface area contributed by atoms with E-state index in [1.807, 2.05) is 6.20 Å². The molecule has 5 fully saturated rings. The number of fused-ring (bicyclic) bond motifs is 2. The van der Waals surface area contributed by atoms with E-state index in [1.165, 1.54) is 0 Å². The standard InChI is InChI=1S/C25H26FN5O4/c26-13-25-11-24(12-25,14-34-25)19-10-30-9-17(21(29-23(30)28-19)35-16-3-1-4-16)20(32)27-18-5-2-8-31(22(18)33)15-6-7-15/h2,5,8-10,15-16H,1,3-4,6-7,11-14H2,(H,27,32). The summed E-state index contributed by atoms with van der Waals surface area (Å²) in [5.41, 5.74) is 0.0516. The molecule has 10 heteroatoms. The molecule has 9 nitrogen and oxygen atoms in total. The minimum atomic E-state index is -0.671. The number of halogens is 1. The molecule has 3 aromatic heterocycles. The van der Waals surface area contributed by atoms with Crippen LogP contribution in [0.1, 0.15) is 67.0 Å². The van der Waals surface area contributed by atoms with Gasteiger partial charge >= 0.3 is 0 Å². The van der Waals surface area contributed by atoms with Gasteiger partial charge in [-0.15, -0.1) is 0 Å². The molecule has 1 amide bonds. The van der Waals surface area contributed by atoms with E-state index >= 15 is 0 Å². The van der Waals surface area contributed by atoms with Gasteiger partial charge in [0.25, 0.3) is 11.5 Å². The largest absolute Gasteiger partial charge is 0.474 e. The molecule has 2 saturated heterocycles. The molecule has 5 aliphatic rings. The Balaban J connectivity index is 1.23. The average molecular weight is 480 g/mol. The number of aromatic nitrogens is 4. The average Bonchev–Trinajstić information content (AvgIpc) is 3.29. The number of carbonyl (C=O) groups is 1. The summed E-state index contributed by atoms with van der Waals surface area (Å²) in [6.45, 7) is -0.0626. The maximum absolute atomic E-state index is 13.4. The van der Waals surface area contributed by atoms with E-state index in [0.717, 1.165) is 37.8 Å². The summed E-state index contributed by atoms with van der Waals surface area (Å²) in [5, 5.41) is 2.77. The van der Waals surface area contributed by atoms with Crippen LogP contribution < -0.4 is 15.6 Å². The number of imidazole rings is 1. The Morgan fingerprint density at radius 1 is 1.23 bits per heavy atom. The lowest BCUT2D eigenvalue weighted by molar-refractivity contribution is -0.0235. The molecule has 0 atom stereocenters. The van der Waals surface area contributed by atoms with Gasteiger partial charge in [-0.1, -0.05) is 0 Å². The minimum absolute atomic E-state index is 0.00776. The second kappa shape index (κ2) is 7.36. The van der Waals surface area contributed by atoms with Crippen LogP contribution >= 0.6 is 0 Å². The number of nitrogens with zero attached hydrogens (tertiary/aromatic N) is 4. The maximum atomic E-state index is 13.4. The number of pyridine rings is 1. The molecule has 3 aromatic rings. The van der Waals surface area contributed by atoms with Crippen molar-refractivity contribution in [3.05, 3.63) is 52.3 Å². The van der Waals surface area contributed by atoms with Crippen LogP contribution in [0.25, 0.3) is 5.78 Å². The highest BCUT2D eigenvalue weighted by molar-refractivity contribution is 6.05. The van der Waals surface area contributed by atoms with Gasteiger partial charge in [0.1, 0.15) is 24.0 Å². The van der Waals surface area contributed by atoms with Crippen molar-refractivity contribution in [2.45, 2.75) is 68.1 Å². The van der Waals surface area contributed by atoms with Crippen molar-refractivity contribution in [1.29, 1.82) is 0 Å². The van der Waals surface area contributed by atoms with Crippen molar-refractivity contribution >= 4 is 17.4 Å². The number of ether oxygens (including phenoxy) is 2. The van der Waals surface area contributed by atoms with Crippen LogP contribution in [0, 0.1) is 0 Å². The first kappa shape index (κ1) is 21.0. The summed E-state index contributed by atoms with van der Waals surface area (Å²) < 4.78 is 28.6. The fourth-order valence-electron chi connectivity index (χ4n) is 5.55. The first-order chi connectivity index (χ1) is 17.0. The molecular formula is C25H26FN5O4. The van der Waals surface area contributed by atoms with E-state index in [9.17, 15) is 14.0 Å². The third kappa shape index (κ3) is 3.30. The number of anilines is 1. The highest BCUT2D eigenvalue weighted by atomic mass is 19.1. The zero-order valence-electron chi connectivity index (χ0n) is 19.2. The predicted octanol–water partition coefficient (Wildman–Crippen LogP) is 3.18. The van der Waals surface area contributed by atoms with E-state index in [4.69, 9.17) is 14.5 Å². The Labute approximate surface area is 200 Å². The SMILES string of the molecule is O=C(Nc1cccn(C2CC2)c1=O)c1cn2cc(C34COC(CF)(C3)C4)nc2nc1OC1CCC1. The first-order valence-electron chi connectivity index (χ1n) is 12.3. The smallest absolute Gasteiger partial charge is 0.274 e. The van der Waals surface area contributed by atoms with Gasteiger partial charge < -0.3 is 19.4 Å². The molecule has 0 radical (unpaired) electrons. The Kier molecular flexibility index (Phi) is 4.43. The van der Waals surface area contributed by atoms with Gasteiger partial charge in [-0.05, 0) is 57.1 Å². The molecule has 3 saturated carbocycles. The summed E-state index contributed by atoms with van der Waals surface area (Å²) in [7, 11) is 0. The fourth-order valence-corrected chi connectivity index (χ4v) is 5.55. The van der Waals surface area contributed by atoms with Crippen molar-refractivity contribution in [2.24, 2.45) is 0 Å². The summed E-state index contributed by atoms with van der Waals surface area (Å²) in [4.78, 5) is 35.5. The first-order valence-corrected chi connectivity index (χ1v) is 12.3. The van der Waals surface area contributed by atoms with E-state index in [0.29, 0.717) is 25.2 Å². The van der Waals surface area contributed by atoms with Crippen molar-refractivity contribution in [2.75, 3.05) is 18.6 Å². The topological polar surface area (TPSA) is 99.8 Å². The number of amides is 1. The van der Waals surface area contributed by atoms with Gasteiger partial charge in [0.2, 0.25) is 11.7 Å². The maximum Gasteiger partial charge on any atom is 0.274 e. The van der Waals surface area contributed by atoms with Crippen LogP contribution in [0.5, 0.6) is 5.88 Å². The lowest BCUT2D eigenvalue weighted by Gasteiger charge is -2.41. The Bertz CT molecular complexity index is 1400. The van der Waals surface area contributed by atoms with Crippen molar-refractivity contribution in [3.63, 3.8) is 0 Å². The molecule has 0 aromatic carbocycles. The van der Waals surface area contributed by atoms with E-state index < -0.39 is 18.2 Å². The third-order valence-electron chi connectivity index (χ3n) is 7.91. The summed E-state index contributed by atoms with van der Waals surface area (Å²) in [6, 6.07) is 3.59. The molecule has 0 spiro atoms. The van der Waals surface area contributed by atoms with Crippen LogP contribution in [-0.2, 0) is 10.2 Å². The summed E-state index contributed by atoms with van der Waals surface area (Å²) in [5.74, 6) is 0.167. The lowest BCUT2D eigenvalue weighted by Crippen LogP contribution is -2.48. The predicted molar refractivity (Wildman–Crippen MR) is 124 cm³/mol. The molecule has 5 heterocycles. The zero-order chi connectivity index (χ0) is 23.8. The molecule has 0 unspecified atom stereocenters.